The molecular formula is C23H23FN2O6S. The fourth-order valence-corrected chi connectivity index (χ4v) is 5.05. The first-order valence-corrected chi connectivity index (χ1v) is 11.7. The summed E-state index contributed by atoms with van der Waals surface area (Å²) in [6, 6.07) is 13.6. The van der Waals surface area contributed by atoms with Crippen molar-refractivity contribution in [2.24, 2.45) is 0 Å². The van der Waals surface area contributed by atoms with Gasteiger partial charge in [0.2, 0.25) is 10.0 Å². The molecule has 0 saturated carbocycles. The van der Waals surface area contributed by atoms with Crippen LogP contribution in [0.5, 0.6) is 5.75 Å². The van der Waals surface area contributed by atoms with Crippen molar-refractivity contribution in [2.45, 2.75) is 11.4 Å². The van der Waals surface area contributed by atoms with Crippen molar-refractivity contribution in [3.63, 3.8) is 0 Å². The van der Waals surface area contributed by atoms with Crippen LogP contribution in [0.15, 0.2) is 63.9 Å². The van der Waals surface area contributed by atoms with E-state index in [-0.39, 0.29) is 41.7 Å². The molecule has 2 heterocycles. The summed E-state index contributed by atoms with van der Waals surface area (Å²) in [4.78, 5) is 12.7. The van der Waals surface area contributed by atoms with E-state index in [0.717, 1.165) is 0 Å². The molecule has 0 unspecified atom stereocenters. The number of hydrogen-bond acceptors (Lipinski definition) is 6. The summed E-state index contributed by atoms with van der Waals surface area (Å²) in [6.07, 6.45) is 0. The summed E-state index contributed by atoms with van der Waals surface area (Å²) in [5.74, 6) is 0.399. The molecule has 1 amide bonds. The van der Waals surface area contributed by atoms with E-state index < -0.39 is 15.9 Å². The molecule has 2 aromatic carbocycles. The van der Waals surface area contributed by atoms with Crippen LogP contribution in [0.2, 0.25) is 0 Å². The number of ether oxygens (including phenoxy) is 2. The SMILES string of the molecule is COc1ccc(C(=O)NCc2ccc(-c3ccc(F)cc3)o2)cc1S(=O)(=O)N1CCOCC1. The van der Waals surface area contributed by atoms with Crippen molar-refractivity contribution >= 4 is 15.9 Å². The number of methoxy groups -OCH3 is 1. The molecule has 10 heteroatoms. The number of carbonyl (C=O) groups is 1. The topological polar surface area (TPSA) is 98.1 Å². The first-order chi connectivity index (χ1) is 15.9. The van der Waals surface area contributed by atoms with Crippen LogP contribution < -0.4 is 10.1 Å². The maximum absolute atomic E-state index is 13.1. The Kier molecular flexibility index (Phi) is 6.77. The van der Waals surface area contributed by atoms with E-state index in [9.17, 15) is 17.6 Å². The number of hydrogen-bond donors (Lipinski definition) is 1. The second-order valence-electron chi connectivity index (χ2n) is 7.34. The summed E-state index contributed by atoms with van der Waals surface area (Å²) in [6.45, 7) is 1.18. The average molecular weight is 475 g/mol. The summed E-state index contributed by atoms with van der Waals surface area (Å²) in [5.41, 5.74) is 0.884. The molecule has 174 valence electrons. The normalized spacial score (nSPS) is 14.7. The van der Waals surface area contributed by atoms with E-state index >= 15 is 0 Å². The lowest BCUT2D eigenvalue weighted by Crippen LogP contribution is -2.40. The van der Waals surface area contributed by atoms with Crippen molar-refractivity contribution in [1.29, 1.82) is 0 Å². The Morgan fingerprint density at radius 1 is 1.09 bits per heavy atom. The van der Waals surface area contributed by atoms with Gasteiger partial charge in [-0.3, -0.25) is 4.79 Å². The van der Waals surface area contributed by atoms with Gasteiger partial charge in [-0.2, -0.15) is 4.31 Å². The lowest BCUT2D eigenvalue weighted by molar-refractivity contribution is 0.0729. The second kappa shape index (κ2) is 9.74. The number of carbonyl (C=O) groups excluding carboxylic acids is 1. The molecule has 0 spiro atoms. The molecule has 0 radical (unpaired) electrons. The predicted octanol–water partition coefficient (Wildman–Crippen LogP) is 3.05. The Morgan fingerprint density at radius 3 is 2.52 bits per heavy atom. The number of amides is 1. The highest BCUT2D eigenvalue weighted by molar-refractivity contribution is 7.89. The summed E-state index contributed by atoms with van der Waals surface area (Å²) < 4.78 is 56.8. The van der Waals surface area contributed by atoms with Gasteiger partial charge in [-0.05, 0) is 54.6 Å². The summed E-state index contributed by atoms with van der Waals surface area (Å²) >= 11 is 0. The second-order valence-corrected chi connectivity index (χ2v) is 9.24. The Bertz CT molecular complexity index is 1230. The molecule has 0 atom stereocenters. The average Bonchev–Trinajstić information content (AvgIpc) is 3.32. The van der Waals surface area contributed by atoms with Crippen molar-refractivity contribution in [1.82, 2.24) is 9.62 Å². The molecule has 1 N–H and O–H groups in total. The minimum Gasteiger partial charge on any atom is -0.495 e. The predicted molar refractivity (Wildman–Crippen MR) is 118 cm³/mol. The van der Waals surface area contributed by atoms with Gasteiger partial charge in [0.15, 0.2) is 0 Å². The van der Waals surface area contributed by atoms with Gasteiger partial charge in [0.25, 0.3) is 5.91 Å². The highest BCUT2D eigenvalue weighted by Crippen LogP contribution is 2.28. The Balaban J connectivity index is 1.48. The third-order valence-electron chi connectivity index (χ3n) is 5.23. The van der Waals surface area contributed by atoms with Crippen LogP contribution in [-0.2, 0) is 21.3 Å². The van der Waals surface area contributed by atoms with Crippen LogP contribution in [0.25, 0.3) is 11.3 Å². The van der Waals surface area contributed by atoms with Gasteiger partial charge in [-0.1, -0.05) is 0 Å². The summed E-state index contributed by atoms with van der Waals surface area (Å²) in [5, 5.41) is 2.72. The molecule has 4 rings (SSSR count). The third-order valence-corrected chi connectivity index (χ3v) is 7.15. The van der Waals surface area contributed by atoms with E-state index in [1.165, 1.54) is 41.7 Å². The molecular weight excluding hydrogens is 451 g/mol. The molecule has 1 aliphatic heterocycles. The minimum absolute atomic E-state index is 0.0730. The van der Waals surface area contributed by atoms with Crippen LogP contribution in [0.1, 0.15) is 16.1 Å². The van der Waals surface area contributed by atoms with Crippen molar-refractivity contribution in [2.75, 3.05) is 33.4 Å². The molecule has 8 nitrogen and oxygen atoms in total. The molecule has 1 fully saturated rings. The van der Waals surface area contributed by atoms with Gasteiger partial charge in [-0.25, -0.2) is 12.8 Å². The van der Waals surface area contributed by atoms with Crippen LogP contribution in [0.4, 0.5) is 4.39 Å². The molecule has 1 aliphatic rings. The van der Waals surface area contributed by atoms with E-state index in [1.807, 2.05) is 0 Å². The van der Waals surface area contributed by atoms with Crippen molar-refractivity contribution < 1.29 is 31.5 Å². The van der Waals surface area contributed by atoms with E-state index in [4.69, 9.17) is 13.9 Å². The zero-order valence-electron chi connectivity index (χ0n) is 17.9. The summed E-state index contributed by atoms with van der Waals surface area (Å²) in [7, 11) is -2.48. The number of morpholine rings is 1. The van der Waals surface area contributed by atoms with E-state index in [1.54, 1.807) is 24.3 Å². The fourth-order valence-electron chi connectivity index (χ4n) is 3.46. The number of rotatable bonds is 7. The van der Waals surface area contributed by atoms with Crippen LogP contribution in [0, 0.1) is 5.82 Å². The number of halogens is 1. The first kappa shape index (κ1) is 23.0. The maximum Gasteiger partial charge on any atom is 0.251 e. The molecule has 1 aromatic heterocycles. The van der Waals surface area contributed by atoms with Gasteiger partial charge in [0, 0.05) is 24.2 Å². The molecule has 1 saturated heterocycles. The minimum atomic E-state index is -3.86. The van der Waals surface area contributed by atoms with Crippen molar-refractivity contribution in [3.05, 3.63) is 71.7 Å². The lowest BCUT2D eigenvalue weighted by Gasteiger charge is -2.26. The largest absolute Gasteiger partial charge is 0.495 e. The van der Waals surface area contributed by atoms with Crippen LogP contribution in [0.3, 0.4) is 0 Å². The lowest BCUT2D eigenvalue weighted by atomic mass is 10.2. The van der Waals surface area contributed by atoms with Gasteiger partial charge < -0.3 is 19.2 Å². The standard InChI is InChI=1S/C23H23FN2O6S/c1-30-21-8-4-17(14-22(21)33(28,29)26-10-12-31-13-11-26)23(27)25-15-19-7-9-20(32-19)16-2-5-18(24)6-3-16/h2-9,14H,10-13,15H2,1H3,(H,25,27). The highest BCUT2D eigenvalue weighted by Gasteiger charge is 2.30. The smallest absolute Gasteiger partial charge is 0.251 e. The maximum atomic E-state index is 13.1. The molecule has 0 bridgehead atoms. The number of benzene rings is 2. The Labute approximate surface area is 191 Å². The fraction of sp³-hybridized carbons (Fsp3) is 0.261. The van der Waals surface area contributed by atoms with Gasteiger partial charge >= 0.3 is 0 Å². The Hall–Kier alpha value is -3.21. The van der Waals surface area contributed by atoms with Gasteiger partial charge in [0.1, 0.15) is 28.0 Å². The molecule has 0 aliphatic carbocycles. The van der Waals surface area contributed by atoms with Gasteiger partial charge in [-0.15, -0.1) is 0 Å². The van der Waals surface area contributed by atoms with E-state index in [0.29, 0.717) is 30.3 Å². The van der Waals surface area contributed by atoms with E-state index in [2.05, 4.69) is 5.32 Å². The molecule has 33 heavy (non-hydrogen) atoms. The van der Waals surface area contributed by atoms with Crippen molar-refractivity contribution in [3.8, 4) is 17.1 Å². The quantitative estimate of drug-likeness (QED) is 0.565. The molecule has 3 aromatic rings. The Morgan fingerprint density at radius 2 is 1.82 bits per heavy atom. The number of furan rings is 1. The van der Waals surface area contributed by atoms with Crippen LogP contribution in [-0.4, -0.2) is 52.0 Å². The zero-order valence-corrected chi connectivity index (χ0v) is 18.7. The zero-order chi connectivity index (χ0) is 23.4. The van der Waals surface area contributed by atoms with Crippen LogP contribution >= 0.6 is 0 Å². The van der Waals surface area contributed by atoms with Gasteiger partial charge in [0.05, 0.1) is 26.9 Å². The third kappa shape index (κ3) is 5.08. The number of nitrogens with zero attached hydrogens (tertiary/aromatic N) is 1. The monoisotopic (exact) mass is 474 g/mol. The first-order valence-electron chi connectivity index (χ1n) is 10.3. The number of sulfonamides is 1. The number of nitrogens with one attached hydrogen (secondary N) is 1. The highest BCUT2D eigenvalue weighted by atomic mass is 32.2.